The van der Waals surface area contributed by atoms with E-state index in [-0.39, 0.29) is 0 Å². The number of rotatable bonds is 3. The summed E-state index contributed by atoms with van der Waals surface area (Å²) in [4.78, 5) is 7.09. The van der Waals surface area contributed by atoms with Crippen molar-refractivity contribution in [2.45, 2.75) is 32.2 Å². The van der Waals surface area contributed by atoms with Crippen LogP contribution < -0.4 is 5.32 Å². The number of hydrogen-bond donors (Lipinski definition) is 1. The lowest BCUT2D eigenvalue weighted by Gasteiger charge is -2.45. The summed E-state index contributed by atoms with van der Waals surface area (Å²) in [5.41, 5.74) is 3.03. The predicted molar refractivity (Wildman–Crippen MR) is 80.0 cm³/mol. The summed E-state index contributed by atoms with van der Waals surface area (Å²) in [5, 5.41) is 3.71. The Morgan fingerprint density at radius 3 is 2.90 bits per heavy atom. The molecular formula is C16H21N3O. The first kappa shape index (κ1) is 12.2. The van der Waals surface area contributed by atoms with E-state index in [1.807, 2.05) is 6.07 Å². The van der Waals surface area contributed by atoms with E-state index in [2.05, 4.69) is 34.3 Å². The molecule has 2 bridgehead atoms. The largest absolute Gasteiger partial charge is 0.441 e. The topological polar surface area (TPSA) is 41.3 Å². The summed E-state index contributed by atoms with van der Waals surface area (Å²) >= 11 is 0. The monoisotopic (exact) mass is 271 g/mol. The Morgan fingerprint density at radius 1 is 1.35 bits per heavy atom. The number of aryl methyl sites for hydroxylation is 1. The van der Waals surface area contributed by atoms with Crippen LogP contribution in [0.4, 0.5) is 5.69 Å². The number of piperidine rings is 3. The fraction of sp³-hybridized carbons (Fsp3) is 0.562. The highest BCUT2D eigenvalue weighted by atomic mass is 16.3. The Balaban J connectivity index is 1.56. The van der Waals surface area contributed by atoms with Gasteiger partial charge in [-0.25, -0.2) is 4.98 Å². The zero-order valence-corrected chi connectivity index (χ0v) is 11.9. The lowest BCUT2D eigenvalue weighted by Crippen LogP contribution is -2.53. The molecule has 1 atom stereocenters. The van der Waals surface area contributed by atoms with Gasteiger partial charge < -0.3 is 14.6 Å². The molecule has 2 aromatic rings. The molecule has 4 nitrogen and oxygen atoms in total. The Morgan fingerprint density at radius 2 is 2.20 bits per heavy atom. The normalized spacial score (nSPS) is 28.9. The van der Waals surface area contributed by atoms with Gasteiger partial charge in [-0.05, 0) is 50.0 Å². The van der Waals surface area contributed by atoms with Gasteiger partial charge in [-0.3, -0.25) is 0 Å². The van der Waals surface area contributed by atoms with Gasteiger partial charge in [0, 0.05) is 24.7 Å². The number of oxazole rings is 1. The van der Waals surface area contributed by atoms with Gasteiger partial charge in [0.2, 0.25) is 0 Å². The van der Waals surface area contributed by atoms with Crippen LogP contribution in [0.2, 0.25) is 0 Å². The molecule has 1 N–H and O–H groups in total. The highest BCUT2D eigenvalue weighted by molar-refractivity contribution is 5.77. The minimum absolute atomic E-state index is 0.590. The molecule has 4 heterocycles. The third-order valence-electron chi connectivity index (χ3n) is 4.74. The van der Waals surface area contributed by atoms with Crippen molar-refractivity contribution in [3.63, 3.8) is 0 Å². The van der Waals surface area contributed by atoms with Crippen LogP contribution in [0.15, 0.2) is 22.6 Å². The molecule has 3 aliphatic heterocycles. The van der Waals surface area contributed by atoms with E-state index < -0.39 is 0 Å². The molecule has 0 saturated carbocycles. The molecule has 5 rings (SSSR count). The average molecular weight is 271 g/mol. The fourth-order valence-corrected chi connectivity index (χ4v) is 3.56. The van der Waals surface area contributed by atoms with Crippen molar-refractivity contribution >= 4 is 16.8 Å². The molecule has 1 aromatic heterocycles. The maximum atomic E-state index is 5.66. The smallest absolute Gasteiger partial charge is 0.195 e. The lowest BCUT2D eigenvalue weighted by atomic mass is 9.84. The molecule has 4 heteroatoms. The second kappa shape index (κ2) is 4.77. The Labute approximate surface area is 119 Å². The molecule has 20 heavy (non-hydrogen) atoms. The average Bonchev–Trinajstić information content (AvgIpc) is 2.91. The van der Waals surface area contributed by atoms with E-state index in [0.717, 1.165) is 29.3 Å². The van der Waals surface area contributed by atoms with Crippen molar-refractivity contribution in [1.29, 1.82) is 0 Å². The van der Waals surface area contributed by atoms with Crippen molar-refractivity contribution in [2.24, 2.45) is 5.92 Å². The van der Waals surface area contributed by atoms with Crippen molar-refractivity contribution in [3.05, 3.63) is 24.1 Å². The minimum Gasteiger partial charge on any atom is -0.441 e. The van der Waals surface area contributed by atoms with E-state index in [1.165, 1.54) is 38.2 Å². The molecule has 0 aliphatic carbocycles. The third kappa shape index (κ3) is 2.08. The summed E-state index contributed by atoms with van der Waals surface area (Å²) in [6.45, 7) is 5.81. The number of hydrogen-bond acceptors (Lipinski definition) is 4. The first-order chi connectivity index (χ1) is 9.81. The molecule has 1 unspecified atom stereocenters. The zero-order valence-electron chi connectivity index (χ0n) is 11.9. The molecular weight excluding hydrogens is 250 g/mol. The van der Waals surface area contributed by atoms with E-state index in [1.54, 1.807) is 0 Å². The molecule has 3 aliphatic rings. The molecule has 1 aromatic carbocycles. The standard InChI is InChI=1S/C16H21N3O/c1-2-16-18-13-9-12(3-4-15(13)20-16)17-14-10-19-7-5-11(14)6-8-19/h3-4,9,11,14,17H,2,5-8,10H2,1H3. The highest BCUT2D eigenvalue weighted by Gasteiger charge is 2.33. The van der Waals surface area contributed by atoms with Crippen LogP contribution in [-0.2, 0) is 6.42 Å². The van der Waals surface area contributed by atoms with Crippen molar-refractivity contribution in [2.75, 3.05) is 25.0 Å². The van der Waals surface area contributed by atoms with E-state index >= 15 is 0 Å². The predicted octanol–water partition coefficient (Wildman–Crippen LogP) is 2.90. The van der Waals surface area contributed by atoms with E-state index in [4.69, 9.17) is 4.42 Å². The summed E-state index contributed by atoms with van der Waals surface area (Å²) < 4.78 is 5.66. The van der Waals surface area contributed by atoms with E-state index in [9.17, 15) is 0 Å². The van der Waals surface area contributed by atoms with Crippen LogP contribution >= 0.6 is 0 Å². The molecule has 0 spiro atoms. The first-order valence-corrected chi connectivity index (χ1v) is 7.70. The molecule has 3 saturated heterocycles. The van der Waals surface area contributed by atoms with Crippen LogP contribution in [0.5, 0.6) is 0 Å². The van der Waals surface area contributed by atoms with Crippen LogP contribution in [-0.4, -0.2) is 35.6 Å². The molecule has 106 valence electrons. The SMILES string of the molecule is CCc1nc2cc(NC3CN4CCC3CC4)ccc2o1. The summed E-state index contributed by atoms with van der Waals surface area (Å²) in [5.74, 6) is 1.65. The zero-order chi connectivity index (χ0) is 13.5. The van der Waals surface area contributed by atoms with Gasteiger partial charge in [0.25, 0.3) is 0 Å². The van der Waals surface area contributed by atoms with E-state index in [0.29, 0.717) is 6.04 Å². The number of benzene rings is 1. The van der Waals surface area contributed by atoms with Crippen LogP contribution in [0.3, 0.4) is 0 Å². The Bertz CT molecular complexity index is 613. The van der Waals surface area contributed by atoms with Gasteiger partial charge >= 0.3 is 0 Å². The fourth-order valence-electron chi connectivity index (χ4n) is 3.56. The quantitative estimate of drug-likeness (QED) is 0.932. The van der Waals surface area contributed by atoms with Gasteiger partial charge in [0.05, 0.1) is 0 Å². The van der Waals surface area contributed by atoms with Gasteiger partial charge in [-0.1, -0.05) is 6.92 Å². The van der Waals surface area contributed by atoms with Crippen molar-refractivity contribution < 1.29 is 4.42 Å². The van der Waals surface area contributed by atoms with Crippen LogP contribution in [0.1, 0.15) is 25.7 Å². The Kier molecular flexibility index (Phi) is 2.91. The highest BCUT2D eigenvalue weighted by Crippen LogP contribution is 2.30. The second-order valence-corrected chi connectivity index (χ2v) is 6.03. The number of aromatic nitrogens is 1. The summed E-state index contributed by atoms with van der Waals surface area (Å²) in [7, 11) is 0. The van der Waals surface area contributed by atoms with Gasteiger partial charge in [0.15, 0.2) is 11.5 Å². The first-order valence-electron chi connectivity index (χ1n) is 7.70. The third-order valence-corrected chi connectivity index (χ3v) is 4.74. The van der Waals surface area contributed by atoms with Crippen molar-refractivity contribution in [1.82, 2.24) is 9.88 Å². The summed E-state index contributed by atoms with van der Waals surface area (Å²) in [6.07, 6.45) is 3.52. The number of nitrogens with one attached hydrogen (secondary N) is 1. The number of nitrogens with zero attached hydrogens (tertiary/aromatic N) is 2. The van der Waals surface area contributed by atoms with Gasteiger partial charge in [-0.15, -0.1) is 0 Å². The Hall–Kier alpha value is -1.55. The van der Waals surface area contributed by atoms with Crippen molar-refractivity contribution in [3.8, 4) is 0 Å². The minimum atomic E-state index is 0.590. The summed E-state index contributed by atoms with van der Waals surface area (Å²) in [6, 6.07) is 6.86. The van der Waals surface area contributed by atoms with Gasteiger partial charge in [-0.2, -0.15) is 0 Å². The molecule has 0 amide bonds. The lowest BCUT2D eigenvalue weighted by molar-refractivity contribution is 0.0975. The maximum Gasteiger partial charge on any atom is 0.195 e. The van der Waals surface area contributed by atoms with Gasteiger partial charge in [0.1, 0.15) is 5.52 Å². The molecule has 0 radical (unpaired) electrons. The van der Waals surface area contributed by atoms with Crippen LogP contribution in [0.25, 0.3) is 11.1 Å². The van der Waals surface area contributed by atoms with Crippen LogP contribution in [0, 0.1) is 5.92 Å². The second-order valence-electron chi connectivity index (χ2n) is 6.03. The number of anilines is 1. The molecule has 3 fully saturated rings. The maximum absolute atomic E-state index is 5.66. The number of fused-ring (bicyclic) bond motifs is 4.